The van der Waals surface area contributed by atoms with Gasteiger partial charge in [-0.25, -0.2) is 4.79 Å². The summed E-state index contributed by atoms with van der Waals surface area (Å²) >= 11 is 0. The van der Waals surface area contributed by atoms with E-state index in [2.05, 4.69) is 14.7 Å². The van der Waals surface area contributed by atoms with Crippen molar-refractivity contribution in [2.24, 2.45) is 0 Å². The van der Waals surface area contributed by atoms with E-state index in [4.69, 9.17) is 5.11 Å². The highest BCUT2D eigenvalue weighted by Crippen LogP contribution is 2.39. The Morgan fingerprint density at radius 1 is 1.40 bits per heavy atom. The highest BCUT2D eigenvalue weighted by molar-refractivity contribution is 5.82. The van der Waals surface area contributed by atoms with Crippen molar-refractivity contribution in [1.29, 1.82) is 0 Å². The summed E-state index contributed by atoms with van der Waals surface area (Å²) in [5, 5.41) is 11.3. The predicted octanol–water partition coefficient (Wildman–Crippen LogP) is 1.61. The molecule has 0 aliphatic heterocycles. The lowest BCUT2D eigenvalue weighted by atomic mass is 9.93. The normalized spacial score (nSPS) is 12.9. The third-order valence-corrected chi connectivity index (χ3v) is 1.86. The lowest BCUT2D eigenvalue weighted by Crippen LogP contribution is -2.36. The van der Waals surface area contributed by atoms with Crippen LogP contribution in [0.15, 0.2) is 4.52 Å². The van der Waals surface area contributed by atoms with E-state index in [1.165, 1.54) is 0 Å². The van der Waals surface area contributed by atoms with Crippen LogP contribution in [-0.4, -0.2) is 27.4 Å². The van der Waals surface area contributed by atoms with Crippen molar-refractivity contribution in [2.45, 2.75) is 25.4 Å². The van der Waals surface area contributed by atoms with Gasteiger partial charge in [0, 0.05) is 0 Å². The second kappa shape index (κ2) is 3.21. The molecule has 0 saturated heterocycles. The topological polar surface area (TPSA) is 76.2 Å². The van der Waals surface area contributed by atoms with E-state index in [0.29, 0.717) is 0 Å². The van der Waals surface area contributed by atoms with Gasteiger partial charge in [-0.3, -0.25) is 0 Å². The van der Waals surface area contributed by atoms with Gasteiger partial charge in [-0.2, -0.15) is 18.2 Å². The van der Waals surface area contributed by atoms with Crippen LogP contribution in [0.5, 0.6) is 0 Å². The van der Waals surface area contributed by atoms with E-state index < -0.39 is 29.3 Å². The van der Waals surface area contributed by atoms with Crippen LogP contribution in [0.4, 0.5) is 13.2 Å². The zero-order valence-electron chi connectivity index (χ0n) is 7.79. The van der Waals surface area contributed by atoms with Gasteiger partial charge >= 0.3 is 12.1 Å². The quantitative estimate of drug-likeness (QED) is 0.825. The number of aromatic nitrogens is 2. The Kier molecular flexibility index (Phi) is 2.46. The average Bonchev–Trinajstić information content (AvgIpc) is 2.49. The standard InChI is InChI=1S/C7H7F3N2O3/c1-6(2,7(8,9)10)5-11-3(4(13)14)12-15-5/h1-2H3,(H,13,14). The first-order valence-corrected chi connectivity index (χ1v) is 3.80. The maximum atomic E-state index is 12.5. The number of hydrogen-bond donors (Lipinski definition) is 1. The first-order chi connectivity index (χ1) is 6.66. The number of carboxylic acids is 1. The Balaban J connectivity index is 3.11. The average molecular weight is 224 g/mol. The Labute approximate surface area is 81.9 Å². The molecule has 0 amide bonds. The second-order valence-electron chi connectivity index (χ2n) is 3.35. The number of halogens is 3. The Morgan fingerprint density at radius 2 is 1.93 bits per heavy atom. The van der Waals surface area contributed by atoms with E-state index in [1.807, 2.05) is 0 Å². The summed E-state index contributed by atoms with van der Waals surface area (Å²) in [5.41, 5.74) is -2.37. The fourth-order valence-electron chi connectivity index (χ4n) is 0.685. The largest absolute Gasteiger partial charge is 0.475 e. The predicted molar refractivity (Wildman–Crippen MR) is 40.3 cm³/mol. The van der Waals surface area contributed by atoms with Crippen LogP contribution in [0, 0.1) is 0 Å². The fraction of sp³-hybridized carbons (Fsp3) is 0.571. The summed E-state index contributed by atoms with van der Waals surface area (Å²) in [4.78, 5) is 13.5. The molecule has 0 fully saturated rings. The van der Waals surface area contributed by atoms with Crippen LogP contribution in [0.3, 0.4) is 0 Å². The summed E-state index contributed by atoms with van der Waals surface area (Å²) in [6.07, 6.45) is -4.59. The Hall–Kier alpha value is -1.60. The molecule has 0 aliphatic rings. The van der Waals surface area contributed by atoms with E-state index in [1.54, 1.807) is 0 Å². The van der Waals surface area contributed by atoms with Crippen LogP contribution in [0.2, 0.25) is 0 Å². The number of hydrogen-bond acceptors (Lipinski definition) is 4. The maximum absolute atomic E-state index is 12.5. The van der Waals surface area contributed by atoms with Crippen molar-refractivity contribution in [2.75, 3.05) is 0 Å². The molecule has 84 valence electrons. The molecule has 5 nitrogen and oxygen atoms in total. The number of aromatic carboxylic acids is 1. The summed E-state index contributed by atoms with van der Waals surface area (Å²) in [5.74, 6) is -3.10. The molecular weight excluding hydrogens is 217 g/mol. The molecule has 0 unspecified atom stereocenters. The number of alkyl halides is 3. The summed E-state index contributed by atoms with van der Waals surface area (Å²) in [6, 6.07) is 0. The molecule has 15 heavy (non-hydrogen) atoms. The summed E-state index contributed by atoms with van der Waals surface area (Å²) in [7, 11) is 0. The lowest BCUT2D eigenvalue weighted by molar-refractivity contribution is -0.186. The van der Waals surface area contributed by atoms with Crippen LogP contribution >= 0.6 is 0 Å². The third kappa shape index (κ3) is 1.92. The fourth-order valence-corrected chi connectivity index (χ4v) is 0.685. The molecule has 0 aliphatic carbocycles. The molecule has 1 aromatic heterocycles. The molecule has 0 bridgehead atoms. The van der Waals surface area contributed by atoms with Gasteiger partial charge in [0.25, 0.3) is 5.82 Å². The molecule has 0 aromatic carbocycles. The van der Waals surface area contributed by atoms with Gasteiger partial charge in [-0.15, -0.1) is 0 Å². The van der Waals surface area contributed by atoms with Gasteiger partial charge in [0.1, 0.15) is 5.41 Å². The van der Waals surface area contributed by atoms with Crippen LogP contribution in [-0.2, 0) is 5.41 Å². The number of carbonyl (C=O) groups is 1. The monoisotopic (exact) mass is 224 g/mol. The van der Waals surface area contributed by atoms with Gasteiger partial charge in [0.15, 0.2) is 0 Å². The minimum Gasteiger partial charge on any atom is -0.475 e. The van der Waals surface area contributed by atoms with Crippen molar-refractivity contribution < 1.29 is 27.6 Å². The first kappa shape index (κ1) is 11.5. The molecule has 1 N–H and O–H groups in total. The smallest absolute Gasteiger partial charge is 0.402 e. The van der Waals surface area contributed by atoms with Crippen molar-refractivity contribution in [3.63, 3.8) is 0 Å². The molecule has 8 heteroatoms. The molecular formula is C7H7F3N2O3. The zero-order valence-corrected chi connectivity index (χ0v) is 7.79. The number of rotatable bonds is 2. The highest BCUT2D eigenvalue weighted by Gasteiger charge is 2.52. The van der Waals surface area contributed by atoms with Gasteiger partial charge in [-0.1, -0.05) is 0 Å². The zero-order chi connectivity index (χ0) is 11.9. The molecule has 0 radical (unpaired) electrons. The van der Waals surface area contributed by atoms with E-state index in [0.717, 1.165) is 13.8 Å². The molecule has 0 atom stereocenters. The van der Waals surface area contributed by atoms with Crippen molar-refractivity contribution in [3.8, 4) is 0 Å². The second-order valence-corrected chi connectivity index (χ2v) is 3.35. The van der Waals surface area contributed by atoms with Crippen LogP contribution < -0.4 is 0 Å². The Bertz CT molecular complexity index is 383. The number of nitrogens with zero attached hydrogens (tertiary/aromatic N) is 2. The van der Waals surface area contributed by atoms with Crippen LogP contribution in [0.1, 0.15) is 30.4 Å². The van der Waals surface area contributed by atoms with E-state index in [-0.39, 0.29) is 0 Å². The molecule has 0 saturated carbocycles. The first-order valence-electron chi connectivity index (χ1n) is 3.80. The maximum Gasteiger partial charge on any atom is 0.402 e. The van der Waals surface area contributed by atoms with Gasteiger partial charge in [0.05, 0.1) is 0 Å². The lowest BCUT2D eigenvalue weighted by Gasteiger charge is -2.22. The van der Waals surface area contributed by atoms with E-state index in [9.17, 15) is 18.0 Å². The minimum atomic E-state index is -4.59. The van der Waals surface area contributed by atoms with Gasteiger partial charge in [0.2, 0.25) is 5.89 Å². The molecule has 0 spiro atoms. The van der Waals surface area contributed by atoms with E-state index >= 15 is 0 Å². The summed E-state index contributed by atoms with van der Waals surface area (Å²) in [6.45, 7) is 1.65. The van der Waals surface area contributed by atoms with Gasteiger partial charge < -0.3 is 9.63 Å². The van der Waals surface area contributed by atoms with Crippen LogP contribution in [0.25, 0.3) is 0 Å². The van der Waals surface area contributed by atoms with Gasteiger partial charge in [-0.05, 0) is 19.0 Å². The Morgan fingerprint density at radius 3 is 2.27 bits per heavy atom. The molecule has 1 heterocycles. The molecule has 1 rings (SSSR count). The summed E-state index contributed by atoms with van der Waals surface area (Å²) < 4.78 is 41.6. The number of carboxylic acid groups (broad SMARTS) is 1. The van der Waals surface area contributed by atoms with Crippen molar-refractivity contribution in [1.82, 2.24) is 10.1 Å². The third-order valence-electron chi connectivity index (χ3n) is 1.86. The van der Waals surface area contributed by atoms with Crippen molar-refractivity contribution >= 4 is 5.97 Å². The minimum absolute atomic E-state index is 0.771. The highest BCUT2D eigenvalue weighted by atomic mass is 19.4. The molecule has 1 aromatic rings. The SMILES string of the molecule is CC(C)(c1nc(C(=O)O)no1)C(F)(F)F. The van der Waals surface area contributed by atoms with Crippen molar-refractivity contribution in [3.05, 3.63) is 11.7 Å².